The van der Waals surface area contributed by atoms with Crippen LogP contribution in [0.5, 0.6) is 0 Å². The molecule has 0 saturated heterocycles. The van der Waals surface area contributed by atoms with E-state index in [0.29, 0.717) is 10.9 Å². The maximum atomic E-state index is 13.7. The van der Waals surface area contributed by atoms with Crippen LogP contribution in [-0.4, -0.2) is 6.54 Å². The standard InChI is InChI=1S/C16H15Br2F2N/c1-2-21-16(10-3-5-14(18)15(20)8-10)9-11-7-12(19)4-6-13(11)17/h3-8,16,21H,2,9H2,1H3. The first kappa shape index (κ1) is 16.6. The van der Waals surface area contributed by atoms with Gasteiger partial charge in [-0.25, -0.2) is 8.78 Å². The van der Waals surface area contributed by atoms with Crippen LogP contribution < -0.4 is 5.32 Å². The first-order valence-corrected chi connectivity index (χ1v) is 8.22. The van der Waals surface area contributed by atoms with Gasteiger partial charge in [-0.2, -0.15) is 0 Å². The van der Waals surface area contributed by atoms with Crippen molar-refractivity contribution in [3.63, 3.8) is 0 Å². The molecule has 0 aromatic heterocycles. The van der Waals surface area contributed by atoms with Crippen LogP contribution in [0.1, 0.15) is 24.1 Å². The maximum absolute atomic E-state index is 13.7. The summed E-state index contributed by atoms with van der Waals surface area (Å²) >= 11 is 6.59. The first-order chi connectivity index (χ1) is 10.0. The van der Waals surface area contributed by atoms with E-state index in [1.807, 2.05) is 13.0 Å². The number of hydrogen-bond donors (Lipinski definition) is 1. The Balaban J connectivity index is 2.30. The summed E-state index contributed by atoms with van der Waals surface area (Å²) in [6, 6.07) is 9.60. The van der Waals surface area contributed by atoms with E-state index in [0.717, 1.165) is 22.1 Å². The van der Waals surface area contributed by atoms with Crippen molar-refractivity contribution < 1.29 is 8.78 Å². The topological polar surface area (TPSA) is 12.0 Å². The highest BCUT2D eigenvalue weighted by molar-refractivity contribution is 9.10. The van der Waals surface area contributed by atoms with Crippen LogP contribution in [0.25, 0.3) is 0 Å². The fraction of sp³-hybridized carbons (Fsp3) is 0.250. The molecule has 0 bridgehead atoms. The van der Waals surface area contributed by atoms with Crippen molar-refractivity contribution in [1.82, 2.24) is 5.32 Å². The van der Waals surface area contributed by atoms with Crippen molar-refractivity contribution in [1.29, 1.82) is 0 Å². The molecule has 0 aliphatic rings. The van der Waals surface area contributed by atoms with Gasteiger partial charge in [0.1, 0.15) is 11.6 Å². The third-order valence-corrected chi connectivity index (χ3v) is 4.65. The molecule has 0 heterocycles. The lowest BCUT2D eigenvalue weighted by atomic mass is 9.98. The number of halogens is 4. The summed E-state index contributed by atoms with van der Waals surface area (Å²) in [4.78, 5) is 0. The molecular formula is C16H15Br2F2N. The number of benzene rings is 2. The minimum atomic E-state index is -0.297. The smallest absolute Gasteiger partial charge is 0.137 e. The molecule has 1 N–H and O–H groups in total. The second kappa shape index (κ2) is 7.47. The molecule has 0 amide bonds. The molecule has 0 aliphatic carbocycles. The van der Waals surface area contributed by atoms with Crippen LogP contribution >= 0.6 is 31.9 Å². The first-order valence-electron chi connectivity index (χ1n) is 6.63. The highest BCUT2D eigenvalue weighted by atomic mass is 79.9. The number of likely N-dealkylation sites (N-methyl/N-ethyl adjacent to an activating group) is 1. The van der Waals surface area contributed by atoms with Crippen molar-refractivity contribution in [3.8, 4) is 0 Å². The van der Waals surface area contributed by atoms with E-state index in [4.69, 9.17) is 0 Å². The SMILES string of the molecule is CCNC(Cc1cc(F)ccc1Br)c1ccc(Br)c(F)c1. The van der Waals surface area contributed by atoms with Crippen LogP contribution in [0.15, 0.2) is 45.3 Å². The van der Waals surface area contributed by atoms with Gasteiger partial charge in [0.2, 0.25) is 0 Å². The largest absolute Gasteiger partial charge is 0.310 e. The van der Waals surface area contributed by atoms with Gasteiger partial charge in [-0.05, 0) is 70.4 Å². The van der Waals surface area contributed by atoms with Crippen molar-refractivity contribution in [2.75, 3.05) is 6.54 Å². The van der Waals surface area contributed by atoms with E-state index in [1.54, 1.807) is 12.1 Å². The molecule has 2 aromatic rings. The van der Waals surface area contributed by atoms with E-state index in [9.17, 15) is 8.78 Å². The lowest BCUT2D eigenvalue weighted by molar-refractivity contribution is 0.538. The maximum Gasteiger partial charge on any atom is 0.137 e. The summed E-state index contributed by atoms with van der Waals surface area (Å²) in [5.41, 5.74) is 1.69. The second-order valence-electron chi connectivity index (χ2n) is 4.72. The Kier molecular flexibility index (Phi) is 5.90. The van der Waals surface area contributed by atoms with Gasteiger partial charge in [0, 0.05) is 10.5 Å². The van der Waals surface area contributed by atoms with Crippen LogP contribution in [0, 0.1) is 11.6 Å². The zero-order valence-corrected chi connectivity index (χ0v) is 14.6. The van der Waals surface area contributed by atoms with Gasteiger partial charge in [0.05, 0.1) is 4.47 Å². The average molecular weight is 419 g/mol. The minimum Gasteiger partial charge on any atom is -0.310 e. The van der Waals surface area contributed by atoms with E-state index >= 15 is 0 Å². The molecule has 0 fully saturated rings. The zero-order chi connectivity index (χ0) is 15.4. The monoisotopic (exact) mass is 417 g/mol. The van der Waals surface area contributed by atoms with Crippen LogP contribution in [0.3, 0.4) is 0 Å². The number of hydrogen-bond acceptors (Lipinski definition) is 1. The van der Waals surface area contributed by atoms with Gasteiger partial charge in [-0.3, -0.25) is 0 Å². The van der Waals surface area contributed by atoms with Crippen molar-refractivity contribution in [2.24, 2.45) is 0 Å². The molecule has 1 nitrogen and oxygen atoms in total. The van der Waals surface area contributed by atoms with Gasteiger partial charge < -0.3 is 5.32 Å². The van der Waals surface area contributed by atoms with E-state index < -0.39 is 0 Å². The summed E-state index contributed by atoms with van der Waals surface area (Å²) in [6.07, 6.45) is 0.577. The Labute approximate surface area is 140 Å². The second-order valence-corrected chi connectivity index (χ2v) is 6.43. The molecule has 1 unspecified atom stereocenters. The predicted octanol–water partition coefficient (Wildman–Crippen LogP) is 5.38. The number of rotatable bonds is 5. The molecule has 0 spiro atoms. The molecule has 5 heteroatoms. The highest BCUT2D eigenvalue weighted by Crippen LogP contribution is 2.27. The molecule has 2 rings (SSSR count). The molecule has 2 aromatic carbocycles. The zero-order valence-electron chi connectivity index (χ0n) is 11.5. The van der Waals surface area contributed by atoms with Crippen molar-refractivity contribution >= 4 is 31.9 Å². The van der Waals surface area contributed by atoms with Gasteiger partial charge in [-0.1, -0.05) is 28.9 Å². The fourth-order valence-electron chi connectivity index (χ4n) is 2.20. The van der Waals surface area contributed by atoms with Crippen LogP contribution in [-0.2, 0) is 6.42 Å². The Bertz CT molecular complexity index is 632. The molecular weight excluding hydrogens is 404 g/mol. The minimum absolute atomic E-state index is 0.0734. The lowest BCUT2D eigenvalue weighted by Gasteiger charge is -2.19. The Morgan fingerprint density at radius 2 is 1.76 bits per heavy atom. The van der Waals surface area contributed by atoms with Gasteiger partial charge in [-0.15, -0.1) is 0 Å². The van der Waals surface area contributed by atoms with Crippen LogP contribution in [0.2, 0.25) is 0 Å². The molecule has 0 radical (unpaired) electrons. The van der Waals surface area contributed by atoms with E-state index in [-0.39, 0.29) is 17.7 Å². The predicted molar refractivity (Wildman–Crippen MR) is 88.3 cm³/mol. The fourth-order valence-corrected chi connectivity index (χ4v) is 2.86. The Morgan fingerprint density at radius 1 is 1.05 bits per heavy atom. The molecule has 0 aliphatic heterocycles. The summed E-state index contributed by atoms with van der Waals surface area (Å²) in [6.45, 7) is 2.73. The summed E-state index contributed by atoms with van der Waals surface area (Å²) in [5.74, 6) is -0.570. The molecule has 112 valence electrons. The van der Waals surface area contributed by atoms with Crippen LogP contribution in [0.4, 0.5) is 8.78 Å². The Hall–Kier alpha value is -0.780. The third kappa shape index (κ3) is 4.34. The Morgan fingerprint density at radius 3 is 2.43 bits per heavy atom. The quantitative estimate of drug-likeness (QED) is 0.686. The van der Waals surface area contributed by atoms with E-state index in [1.165, 1.54) is 18.2 Å². The number of nitrogens with one attached hydrogen (secondary N) is 1. The van der Waals surface area contributed by atoms with Crippen molar-refractivity contribution in [3.05, 3.63) is 68.1 Å². The lowest BCUT2D eigenvalue weighted by Crippen LogP contribution is -2.23. The highest BCUT2D eigenvalue weighted by Gasteiger charge is 2.15. The summed E-state index contributed by atoms with van der Waals surface area (Å²) in [5, 5.41) is 3.32. The molecule has 0 saturated carbocycles. The van der Waals surface area contributed by atoms with E-state index in [2.05, 4.69) is 37.2 Å². The van der Waals surface area contributed by atoms with Gasteiger partial charge >= 0.3 is 0 Å². The van der Waals surface area contributed by atoms with Gasteiger partial charge in [0.25, 0.3) is 0 Å². The normalized spacial score (nSPS) is 12.4. The van der Waals surface area contributed by atoms with Crippen molar-refractivity contribution in [2.45, 2.75) is 19.4 Å². The molecule has 21 heavy (non-hydrogen) atoms. The summed E-state index contributed by atoms with van der Waals surface area (Å²) in [7, 11) is 0. The summed E-state index contributed by atoms with van der Waals surface area (Å²) < 4.78 is 28.4. The van der Waals surface area contributed by atoms with Gasteiger partial charge in [0.15, 0.2) is 0 Å². The average Bonchev–Trinajstić information content (AvgIpc) is 2.45. The molecule has 1 atom stereocenters. The third-order valence-electron chi connectivity index (χ3n) is 3.23.